The predicted octanol–water partition coefficient (Wildman–Crippen LogP) is 4.66. The van der Waals surface area contributed by atoms with E-state index in [1.165, 1.54) is 32.8 Å². The number of hydrogen-bond donors (Lipinski definition) is 1. The van der Waals surface area contributed by atoms with Gasteiger partial charge in [0.25, 0.3) is 0 Å². The van der Waals surface area contributed by atoms with E-state index in [4.69, 9.17) is 9.47 Å². The predicted molar refractivity (Wildman–Crippen MR) is 116 cm³/mol. The Labute approximate surface area is 180 Å². The molecule has 1 aliphatic rings. The number of ether oxygens (including phenoxy) is 2. The van der Waals surface area contributed by atoms with Gasteiger partial charge in [0.1, 0.15) is 5.60 Å². The molecule has 2 rings (SSSR count). The van der Waals surface area contributed by atoms with Crippen molar-refractivity contribution >= 4 is 12.1 Å². The first-order valence-corrected chi connectivity index (χ1v) is 11.1. The zero-order chi connectivity index (χ0) is 22.4. The maximum atomic E-state index is 12.5. The van der Waals surface area contributed by atoms with Crippen molar-refractivity contribution in [1.29, 1.82) is 0 Å². The lowest BCUT2D eigenvalue weighted by molar-refractivity contribution is -0.152. The van der Waals surface area contributed by atoms with E-state index in [1.54, 1.807) is 0 Å². The molecule has 7 heteroatoms. The summed E-state index contributed by atoms with van der Waals surface area (Å²) in [6, 6.07) is 0.505. The Morgan fingerprint density at radius 2 is 1.87 bits per heavy atom. The minimum Gasteiger partial charge on any atom is -0.469 e. The second-order valence-electron chi connectivity index (χ2n) is 9.99. The highest BCUT2D eigenvalue weighted by molar-refractivity contribution is 5.76. The second kappa shape index (κ2) is 10.3. The van der Waals surface area contributed by atoms with E-state index >= 15 is 0 Å². The third kappa shape index (κ3) is 7.33. The van der Waals surface area contributed by atoms with Gasteiger partial charge in [-0.25, -0.2) is 9.78 Å². The number of nitrogens with one attached hydrogen (secondary N) is 1. The van der Waals surface area contributed by atoms with Crippen LogP contribution in [0.1, 0.15) is 84.9 Å². The van der Waals surface area contributed by atoms with Gasteiger partial charge in [-0.2, -0.15) is 0 Å². The van der Waals surface area contributed by atoms with Crippen LogP contribution in [0.4, 0.5) is 4.79 Å². The zero-order valence-corrected chi connectivity index (χ0v) is 19.5. The molecule has 1 aliphatic carbocycles. The van der Waals surface area contributed by atoms with Gasteiger partial charge >= 0.3 is 12.1 Å². The molecule has 30 heavy (non-hydrogen) atoms. The van der Waals surface area contributed by atoms with Gasteiger partial charge in [-0.05, 0) is 72.1 Å². The molecule has 1 N–H and O–H groups in total. The van der Waals surface area contributed by atoms with E-state index in [2.05, 4.69) is 28.0 Å². The number of methoxy groups -OCH3 is 1. The highest BCUT2D eigenvalue weighted by Gasteiger charge is 2.35. The molecule has 170 valence electrons. The Kier molecular flexibility index (Phi) is 8.33. The van der Waals surface area contributed by atoms with Gasteiger partial charge in [0.05, 0.1) is 24.5 Å². The standard InChI is InChI=1S/C23H39N3O4/c1-17-8-10-19(11-9-17)26-15-18(25-16-26)14-23(5,20(27)29-6)12-7-13-24-21(28)30-22(2,3)4/h15-17,19H,7-14H2,1-6H3,(H,24,28). The summed E-state index contributed by atoms with van der Waals surface area (Å²) in [4.78, 5) is 28.9. The Morgan fingerprint density at radius 1 is 1.20 bits per heavy atom. The lowest BCUT2D eigenvalue weighted by Crippen LogP contribution is -2.35. The summed E-state index contributed by atoms with van der Waals surface area (Å²) in [7, 11) is 1.42. The monoisotopic (exact) mass is 421 g/mol. The van der Waals surface area contributed by atoms with Crippen LogP contribution in [0.3, 0.4) is 0 Å². The summed E-state index contributed by atoms with van der Waals surface area (Å²) in [6.07, 6.45) is 10.2. The number of esters is 1. The minimum atomic E-state index is -0.690. The first-order valence-electron chi connectivity index (χ1n) is 11.1. The molecule has 1 aromatic heterocycles. The Bertz CT molecular complexity index is 702. The van der Waals surface area contributed by atoms with Gasteiger partial charge in [-0.1, -0.05) is 6.92 Å². The van der Waals surface area contributed by atoms with Crippen LogP contribution < -0.4 is 5.32 Å². The van der Waals surface area contributed by atoms with Crippen molar-refractivity contribution in [3.8, 4) is 0 Å². The molecule has 1 heterocycles. The molecule has 0 radical (unpaired) electrons. The highest BCUT2D eigenvalue weighted by Crippen LogP contribution is 2.33. The molecule has 1 unspecified atom stereocenters. The van der Waals surface area contributed by atoms with Gasteiger partial charge in [0.2, 0.25) is 0 Å². The fourth-order valence-electron chi connectivity index (χ4n) is 4.10. The number of amides is 1. The Morgan fingerprint density at radius 3 is 2.47 bits per heavy atom. The van der Waals surface area contributed by atoms with Gasteiger partial charge in [0, 0.05) is 25.2 Å². The second-order valence-corrected chi connectivity index (χ2v) is 9.99. The van der Waals surface area contributed by atoms with Crippen LogP contribution in [-0.2, 0) is 20.7 Å². The molecule has 1 amide bonds. The van der Waals surface area contributed by atoms with Crippen molar-refractivity contribution in [2.45, 2.75) is 91.2 Å². The quantitative estimate of drug-likeness (QED) is 0.487. The van der Waals surface area contributed by atoms with Crippen LogP contribution in [0.15, 0.2) is 12.5 Å². The van der Waals surface area contributed by atoms with Crippen LogP contribution in [0.5, 0.6) is 0 Å². The van der Waals surface area contributed by atoms with Gasteiger partial charge in [-0.3, -0.25) is 4.79 Å². The van der Waals surface area contributed by atoms with E-state index < -0.39 is 17.1 Å². The highest BCUT2D eigenvalue weighted by atomic mass is 16.6. The zero-order valence-electron chi connectivity index (χ0n) is 19.5. The number of nitrogens with zero attached hydrogens (tertiary/aromatic N) is 2. The summed E-state index contributed by atoms with van der Waals surface area (Å²) >= 11 is 0. The van der Waals surface area contributed by atoms with Crippen molar-refractivity contribution in [3.63, 3.8) is 0 Å². The maximum Gasteiger partial charge on any atom is 0.407 e. The molecule has 7 nitrogen and oxygen atoms in total. The third-order valence-corrected chi connectivity index (χ3v) is 5.89. The van der Waals surface area contributed by atoms with E-state index in [0.717, 1.165) is 11.6 Å². The van der Waals surface area contributed by atoms with Crippen LogP contribution in [-0.4, -0.2) is 40.9 Å². The lowest BCUT2D eigenvalue weighted by atomic mass is 9.81. The van der Waals surface area contributed by atoms with Crippen molar-refractivity contribution in [1.82, 2.24) is 14.9 Å². The summed E-state index contributed by atoms with van der Waals surface area (Å²) < 4.78 is 12.5. The van der Waals surface area contributed by atoms with Crippen LogP contribution in [0.25, 0.3) is 0 Å². The first kappa shape index (κ1) is 24.2. The number of alkyl carbamates (subject to hydrolysis) is 1. The summed E-state index contributed by atoms with van der Waals surface area (Å²) in [6.45, 7) is 10.1. The lowest BCUT2D eigenvalue weighted by Gasteiger charge is -2.27. The average Bonchev–Trinajstić information content (AvgIpc) is 3.12. The SMILES string of the molecule is COC(=O)C(C)(CCCNC(=O)OC(C)(C)C)Cc1cn(C2CCC(C)CC2)cn1. The molecule has 1 atom stereocenters. The number of rotatable bonds is 8. The Hall–Kier alpha value is -2.05. The van der Waals surface area contributed by atoms with Crippen LogP contribution >= 0.6 is 0 Å². The largest absolute Gasteiger partial charge is 0.469 e. The molecule has 0 aliphatic heterocycles. The number of carbonyl (C=O) groups excluding carboxylic acids is 2. The van der Waals surface area contributed by atoms with Crippen molar-refractivity contribution in [2.75, 3.05) is 13.7 Å². The Balaban J connectivity index is 1.91. The molecule has 0 bridgehead atoms. The van der Waals surface area contributed by atoms with E-state index in [-0.39, 0.29) is 5.97 Å². The first-order chi connectivity index (χ1) is 14.0. The molecular formula is C23H39N3O4. The van der Waals surface area contributed by atoms with Crippen molar-refractivity contribution in [3.05, 3.63) is 18.2 Å². The van der Waals surface area contributed by atoms with Crippen molar-refractivity contribution in [2.24, 2.45) is 11.3 Å². The molecule has 0 saturated heterocycles. The van der Waals surface area contributed by atoms with Gasteiger partial charge in [-0.15, -0.1) is 0 Å². The fraction of sp³-hybridized carbons (Fsp3) is 0.783. The smallest absolute Gasteiger partial charge is 0.407 e. The average molecular weight is 422 g/mol. The van der Waals surface area contributed by atoms with Crippen molar-refractivity contribution < 1.29 is 19.1 Å². The number of aromatic nitrogens is 2. The molecule has 1 fully saturated rings. The van der Waals surface area contributed by atoms with Crippen LogP contribution in [0, 0.1) is 11.3 Å². The molecular weight excluding hydrogens is 382 g/mol. The van der Waals surface area contributed by atoms with E-state index in [0.29, 0.717) is 31.8 Å². The summed E-state index contributed by atoms with van der Waals surface area (Å²) in [5.74, 6) is 0.557. The number of imidazole rings is 1. The molecule has 1 aromatic rings. The minimum absolute atomic E-state index is 0.249. The normalized spacial score (nSPS) is 21.5. The molecule has 0 spiro atoms. The maximum absolute atomic E-state index is 12.5. The summed E-state index contributed by atoms with van der Waals surface area (Å²) in [5, 5.41) is 2.75. The van der Waals surface area contributed by atoms with Gasteiger partial charge < -0.3 is 19.4 Å². The molecule has 1 saturated carbocycles. The van der Waals surface area contributed by atoms with E-state index in [1.807, 2.05) is 34.0 Å². The van der Waals surface area contributed by atoms with Gasteiger partial charge in [0.15, 0.2) is 0 Å². The fourth-order valence-corrected chi connectivity index (χ4v) is 4.10. The van der Waals surface area contributed by atoms with E-state index in [9.17, 15) is 9.59 Å². The molecule has 0 aromatic carbocycles. The number of hydrogen-bond acceptors (Lipinski definition) is 5. The van der Waals surface area contributed by atoms with Crippen LogP contribution in [0.2, 0.25) is 0 Å². The third-order valence-electron chi connectivity index (χ3n) is 5.89. The summed E-state index contributed by atoms with van der Waals surface area (Å²) in [5.41, 5.74) is -0.314. The number of carbonyl (C=O) groups is 2. The topological polar surface area (TPSA) is 82.5 Å².